The van der Waals surface area contributed by atoms with Crippen molar-refractivity contribution in [3.05, 3.63) is 34.3 Å². The van der Waals surface area contributed by atoms with E-state index in [1.807, 2.05) is 36.2 Å². The number of halogens is 1. The van der Waals surface area contributed by atoms with Crippen molar-refractivity contribution >= 4 is 33.8 Å². The third kappa shape index (κ3) is 3.37. The molecule has 0 aromatic heterocycles. The second kappa shape index (κ2) is 7.03. The minimum absolute atomic E-state index is 0.114. The zero-order chi connectivity index (χ0) is 17.3. The average Bonchev–Trinajstić information content (AvgIpc) is 3.14. The highest BCUT2D eigenvalue weighted by molar-refractivity contribution is 9.10. The van der Waals surface area contributed by atoms with E-state index in [4.69, 9.17) is 0 Å². The SMILES string of the molecule is CN(Cc1ccc(Br)cc1)CN1C(=O)C(=O)N(C2CCCC2)C1=O. The maximum atomic E-state index is 12.5. The van der Waals surface area contributed by atoms with Crippen molar-refractivity contribution in [3.63, 3.8) is 0 Å². The molecule has 2 aliphatic rings. The van der Waals surface area contributed by atoms with E-state index < -0.39 is 17.8 Å². The van der Waals surface area contributed by atoms with Gasteiger partial charge in [-0.1, -0.05) is 40.9 Å². The number of urea groups is 1. The predicted octanol–water partition coefficient (Wildman–Crippen LogP) is 2.57. The fourth-order valence-corrected chi connectivity index (χ4v) is 3.59. The minimum atomic E-state index is -0.713. The number of carbonyl (C=O) groups is 3. The van der Waals surface area contributed by atoms with Crippen LogP contribution in [0.2, 0.25) is 0 Å². The van der Waals surface area contributed by atoms with E-state index in [-0.39, 0.29) is 12.7 Å². The monoisotopic (exact) mass is 393 g/mol. The van der Waals surface area contributed by atoms with Gasteiger partial charge in [0.2, 0.25) is 0 Å². The van der Waals surface area contributed by atoms with Gasteiger partial charge < -0.3 is 0 Å². The smallest absolute Gasteiger partial charge is 0.284 e. The number of imide groups is 2. The van der Waals surface area contributed by atoms with E-state index >= 15 is 0 Å². The molecular weight excluding hydrogens is 374 g/mol. The molecule has 6 nitrogen and oxygen atoms in total. The first-order chi connectivity index (χ1) is 11.5. The van der Waals surface area contributed by atoms with Crippen LogP contribution in [0.1, 0.15) is 31.2 Å². The van der Waals surface area contributed by atoms with Crippen molar-refractivity contribution in [2.75, 3.05) is 13.7 Å². The van der Waals surface area contributed by atoms with Crippen molar-refractivity contribution in [1.29, 1.82) is 0 Å². The van der Waals surface area contributed by atoms with Crippen LogP contribution in [0.3, 0.4) is 0 Å². The molecule has 0 N–H and O–H groups in total. The molecule has 3 rings (SSSR count). The van der Waals surface area contributed by atoms with Crippen molar-refractivity contribution in [2.24, 2.45) is 0 Å². The Morgan fingerprint density at radius 3 is 2.33 bits per heavy atom. The molecule has 0 atom stereocenters. The molecule has 1 saturated heterocycles. The van der Waals surface area contributed by atoms with E-state index in [0.717, 1.165) is 40.6 Å². The number of hydrogen-bond donors (Lipinski definition) is 0. The summed E-state index contributed by atoms with van der Waals surface area (Å²) in [6.07, 6.45) is 3.60. The maximum absolute atomic E-state index is 12.5. The quantitative estimate of drug-likeness (QED) is 0.569. The van der Waals surface area contributed by atoms with Crippen molar-refractivity contribution < 1.29 is 14.4 Å². The van der Waals surface area contributed by atoms with Crippen LogP contribution in [-0.4, -0.2) is 52.3 Å². The van der Waals surface area contributed by atoms with Gasteiger partial charge in [0.1, 0.15) is 0 Å². The van der Waals surface area contributed by atoms with E-state index in [1.54, 1.807) is 0 Å². The molecule has 7 heteroatoms. The molecule has 1 aromatic carbocycles. The number of nitrogens with zero attached hydrogens (tertiary/aromatic N) is 3. The Morgan fingerprint density at radius 1 is 1.08 bits per heavy atom. The third-order valence-corrected chi connectivity index (χ3v) is 5.05. The molecule has 0 bridgehead atoms. The Bertz CT molecular complexity index is 656. The van der Waals surface area contributed by atoms with E-state index in [0.29, 0.717) is 6.54 Å². The van der Waals surface area contributed by atoms with Gasteiger partial charge in [0.25, 0.3) is 0 Å². The zero-order valence-electron chi connectivity index (χ0n) is 13.6. The van der Waals surface area contributed by atoms with Crippen LogP contribution in [0.25, 0.3) is 0 Å². The van der Waals surface area contributed by atoms with Crippen molar-refractivity contribution in [2.45, 2.75) is 38.3 Å². The normalized spacial score (nSPS) is 19.2. The first-order valence-corrected chi connectivity index (χ1v) is 8.88. The molecule has 0 radical (unpaired) electrons. The van der Waals surface area contributed by atoms with E-state index in [9.17, 15) is 14.4 Å². The molecule has 0 spiro atoms. The Balaban J connectivity index is 1.65. The fourth-order valence-electron chi connectivity index (χ4n) is 3.32. The number of hydrogen-bond acceptors (Lipinski definition) is 4. The molecule has 2 fully saturated rings. The molecule has 128 valence electrons. The van der Waals surface area contributed by atoms with Crippen LogP contribution in [0.4, 0.5) is 4.79 Å². The number of carbonyl (C=O) groups excluding carboxylic acids is 3. The van der Waals surface area contributed by atoms with Gasteiger partial charge in [0.05, 0.1) is 6.67 Å². The number of rotatable bonds is 5. The van der Waals surface area contributed by atoms with E-state index in [2.05, 4.69) is 15.9 Å². The van der Waals surface area contributed by atoms with Gasteiger partial charge in [-0.05, 0) is 37.6 Å². The summed E-state index contributed by atoms with van der Waals surface area (Å²) in [7, 11) is 1.82. The lowest BCUT2D eigenvalue weighted by atomic mass is 10.2. The lowest BCUT2D eigenvalue weighted by Crippen LogP contribution is -2.42. The molecule has 1 aliphatic carbocycles. The molecule has 1 aliphatic heterocycles. The molecule has 4 amide bonds. The third-order valence-electron chi connectivity index (χ3n) is 4.52. The number of amides is 4. The highest BCUT2D eigenvalue weighted by Gasteiger charge is 2.48. The summed E-state index contributed by atoms with van der Waals surface area (Å²) in [5, 5.41) is 0. The van der Waals surface area contributed by atoms with Crippen LogP contribution >= 0.6 is 15.9 Å². The average molecular weight is 394 g/mol. The summed E-state index contributed by atoms with van der Waals surface area (Å²) in [4.78, 5) is 41.0. The summed E-state index contributed by atoms with van der Waals surface area (Å²) < 4.78 is 0.997. The zero-order valence-corrected chi connectivity index (χ0v) is 15.2. The Hall–Kier alpha value is -1.73. The highest BCUT2D eigenvalue weighted by Crippen LogP contribution is 2.27. The van der Waals surface area contributed by atoms with Gasteiger partial charge in [0.15, 0.2) is 0 Å². The molecule has 0 unspecified atom stereocenters. The highest BCUT2D eigenvalue weighted by atomic mass is 79.9. The molecule has 1 heterocycles. The van der Waals surface area contributed by atoms with Crippen LogP contribution in [0.15, 0.2) is 28.7 Å². The first kappa shape index (κ1) is 17.1. The summed E-state index contributed by atoms with van der Waals surface area (Å²) in [5.74, 6) is -1.39. The Labute approximate surface area is 149 Å². The second-order valence-electron chi connectivity index (χ2n) is 6.41. The lowest BCUT2D eigenvalue weighted by Gasteiger charge is -2.24. The Morgan fingerprint density at radius 2 is 1.71 bits per heavy atom. The molecule has 1 aromatic rings. The Kier molecular flexibility index (Phi) is 5.01. The maximum Gasteiger partial charge on any atom is 0.335 e. The predicted molar refractivity (Wildman–Crippen MR) is 91.8 cm³/mol. The standard InChI is InChI=1S/C17H20BrN3O3/c1-19(10-12-6-8-13(18)9-7-12)11-20-15(22)16(23)21(17(20)24)14-4-2-3-5-14/h6-9,14H,2-5,10-11H2,1H3. The van der Waals surface area contributed by atoms with Gasteiger partial charge in [-0.2, -0.15) is 0 Å². The van der Waals surface area contributed by atoms with Gasteiger partial charge in [-0.15, -0.1) is 0 Å². The summed E-state index contributed by atoms with van der Waals surface area (Å²) in [5.41, 5.74) is 1.07. The molecule has 1 saturated carbocycles. The van der Waals surface area contributed by atoms with Crippen molar-refractivity contribution in [3.8, 4) is 0 Å². The van der Waals surface area contributed by atoms with E-state index in [1.165, 1.54) is 4.90 Å². The van der Waals surface area contributed by atoms with Crippen LogP contribution in [0.5, 0.6) is 0 Å². The van der Waals surface area contributed by atoms with Crippen molar-refractivity contribution in [1.82, 2.24) is 14.7 Å². The topological polar surface area (TPSA) is 60.9 Å². The summed E-state index contributed by atoms with van der Waals surface area (Å²) in [6.45, 7) is 0.699. The largest absolute Gasteiger partial charge is 0.335 e. The van der Waals surface area contributed by atoms with Gasteiger partial charge in [-0.3, -0.25) is 19.4 Å². The summed E-state index contributed by atoms with van der Waals surface area (Å²) >= 11 is 3.39. The van der Waals surface area contributed by atoms with Crippen LogP contribution < -0.4 is 0 Å². The second-order valence-corrected chi connectivity index (χ2v) is 7.33. The number of benzene rings is 1. The first-order valence-electron chi connectivity index (χ1n) is 8.09. The minimum Gasteiger partial charge on any atom is -0.284 e. The van der Waals surface area contributed by atoms with Crippen LogP contribution in [-0.2, 0) is 16.1 Å². The molecule has 24 heavy (non-hydrogen) atoms. The van der Waals surface area contributed by atoms with Gasteiger partial charge >= 0.3 is 17.8 Å². The molecular formula is C17H20BrN3O3. The lowest BCUT2D eigenvalue weighted by molar-refractivity contribution is -0.144. The fraction of sp³-hybridized carbons (Fsp3) is 0.471. The van der Waals surface area contributed by atoms with Gasteiger partial charge in [-0.25, -0.2) is 9.69 Å². The van der Waals surface area contributed by atoms with Gasteiger partial charge in [0, 0.05) is 17.1 Å². The summed E-state index contributed by atoms with van der Waals surface area (Å²) in [6, 6.07) is 7.26. The van der Waals surface area contributed by atoms with Crippen LogP contribution in [0, 0.1) is 0 Å².